The van der Waals surface area contributed by atoms with Crippen molar-refractivity contribution >= 4 is 5.82 Å². The van der Waals surface area contributed by atoms with Gasteiger partial charge in [-0.15, -0.1) is 0 Å². The summed E-state index contributed by atoms with van der Waals surface area (Å²) in [7, 11) is 2.07. The second-order valence-electron chi connectivity index (χ2n) is 5.63. The Morgan fingerprint density at radius 3 is 2.84 bits per heavy atom. The molecule has 4 heteroatoms. The van der Waals surface area contributed by atoms with Crippen molar-refractivity contribution in [2.24, 2.45) is 0 Å². The number of hydrogen-bond donors (Lipinski definition) is 1. The molecule has 1 aliphatic heterocycles. The second kappa shape index (κ2) is 6.35. The summed E-state index contributed by atoms with van der Waals surface area (Å²) in [6.45, 7) is 10.8. The molecule has 4 nitrogen and oxygen atoms in total. The molecule has 1 fully saturated rings. The largest absolute Gasteiger partial charge is 0.360 e. The molecule has 1 aromatic rings. The summed E-state index contributed by atoms with van der Waals surface area (Å²) in [4.78, 5) is 9.22. The smallest absolute Gasteiger partial charge is 0.128 e. The Balaban J connectivity index is 1.98. The Morgan fingerprint density at radius 2 is 2.21 bits per heavy atom. The van der Waals surface area contributed by atoms with Gasteiger partial charge in [0.1, 0.15) is 5.82 Å². The lowest BCUT2D eigenvalue weighted by atomic mass is 10.1. The fourth-order valence-electron chi connectivity index (χ4n) is 2.45. The summed E-state index contributed by atoms with van der Waals surface area (Å²) in [6.07, 6.45) is 2.01. The van der Waals surface area contributed by atoms with Gasteiger partial charge in [0.05, 0.1) is 0 Å². The van der Waals surface area contributed by atoms with Crippen molar-refractivity contribution in [2.75, 3.05) is 31.6 Å². The average Bonchev–Trinajstić information content (AvgIpc) is 2.43. The van der Waals surface area contributed by atoms with E-state index in [4.69, 9.17) is 0 Å². The third-order valence-electron chi connectivity index (χ3n) is 3.95. The maximum absolute atomic E-state index is 4.54. The van der Waals surface area contributed by atoms with Crippen LogP contribution in [-0.2, 0) is 6.54 Å². The minimum absolute atomic E-state index is 0.578. The molecule has 0 aliphatic carbocycles. The van der Waals surface area contributed by atoms with Gasteiger partial charge in [-0.3, -0.25) is 4.90 Å². The SMILES string of the molecule is CCN(C)c1ccc(CN2CC(C)NCC2C)cn1. The van der Waals surface area contributed by atoms with Crippen molar-refractivity contribution in [3.05, 3.63) is 23.9 Å². The minimum Gasteiger partial charge on any atom is -0.360 e. The highest BCUT2D eigenvalue weighted by atomic mass is 15.2. The zero-order valence-electron chi connectivity index (χ0n) is 12.6. The standard InChI is InChI=1S/C15H26N4/c1-5-18(4)15-7-6-14(9-17-15)11-19-10-12(2)16-8-13(19)3/h6-7,9,12-13,16H,5,8,10-11H2,1-4H3. The van der Waals surface area contributed by atoms with E-state index in [0.29, 0.717) is 12.1 Å². The quantitative estimate of drug-likeness (QED) is 0.895. The lowest BCUT2D eigenvalue weighted by molar-refractivity contribution is 0.138. The molecular weight excluding hydrogens is 236 g/mol. The van der Waals surface area contributed by atoms with E-state index in [9.17, 15) is 0 Å². The van der Waals surface area contributed by atoms with E-state index < -0.39 is 0 Å². The molecule has 2 rings (SSSR count). The van der Waals surface area contributed by atoms with E-state index in [1.807, 2.05) is 6.20 Å². The van der Waals surface area contributed by atoms with Gasteiger partial charge in [0.2, 0.25) is 0 Å². The van der Waals surface area contributed by atoms with E-state index in [2.05, 4.69) is 60.1 Å². The Bertz CT molecular complexity index is 390. The fourth-order valence-corrected chi connectivity index (χ4v) is 2.45. The van der Waals surface area contributed by atoms with E-state index in [-0.39, 0.29) is 0 Å². The van der Waals surface area contributed by atoms with Gasteiger partial charge < -0.3 is 10.2 Å². The number of nitrogens with one attached hydrogen (secondary N) is 1. The molecule has 106 valence electrons. The first kappa shape index (κ1) is 14.3. The van der Waals surface area contributed by atoms with Gasteiger partial charge in [-0.25, -0.2) is 4.98 Å². The van der Waals surface area contributed by atoms with Crippen LogP contribution < -0.4 is 10.2 Å². The second-order valence-corrected chi connectivity index (χ2v) is 5.63. The van der Waals surface area contributed by atoms with Gasteiger partial charge >= 0.3 is 0 Å². The van der Waals surface area contributed by atoms with E-state index in [0.717, 1.165) is 32.0 Å². The van der Waals surface area contributed by atoms with Crippen molar-refractivity contribution in [2.45, 2.75) is 39.4 Å². The van der Waals surface area contributed by atoms with Crippen molar-refractivity contribution in [1.82, 2.24) is 15.2 Å². The highest BCUT2D eigenvalue weighted by Gasteiger charge is 2.22. The van der Waals surface area contributed by atoms with Crippen molar-refractivity contribution in [1.29, 1.82) is 0 Å². The summed E-state index contributed by atoms with van der Waals surface area (Å²) in [5.74, 6) is 1.05. The maximum atomic E-state index is 4.54. The number of hydrogen-bond acceptors (Lipinski definition) is 4. The lowest BCUT2D eigenvalue weighted by Gasteiger charge is -2.37. The van der Waals surface area contributed by atoms with Crippen molar-refractivity contribution < 1.29 is 0 Å². The van der Waals surface area contributed by atoms with E-state index in [1.54, 1.807) is 0 Å². The number of piperazine rings is 1. The summed E-state index contributed by atoms with van der Waals surface area (Å²) < 4.78 is 0. The first-order valence-corrected chi connectivity index (χ1v) is 7.23. The molecule has 0 spiro atoms. The Kier molecular flexibility index (Phi) is 4.77. The molecular formula is C15H26N4. The van der Waals surface area contributed by atoms with Gasteiger partial charge in [0, 0.05) is 51.5 Å². The molecule has 1 aromatic heterocycles. The van der Waals surface area contributed by atoms with Crippen LogP contribution in [0.3, 0.4) is 0 Å². The maximum Gasteiger partial charge on any atom is 0.128 e. The molecule has 19 heavy (non-hydrogen) atoms. The molecule has 0 saturated carbocycles. The van der Waals surface area contributed by atoms with E-state index in [1.165, 1.54) is 5.56 Å². The zero-order chi connectivity index (χ0) is 13.8. The van der Waals surface area contributed by atoms with Gasteiger partial charge in [-0.2, -0.15) is 0 Å². The van der Waals surface area contributed by atoms with Crippen LogP contribution in [0, 0.1) is 0 Å². The molecule has 1 saturated heterocycles. The van der Waals surface area contributed by atoms with Crippen LogP contribution in [0.2, 0.25) is 0 Å². The molecule has 0 radical (unpaired) electrons. The molecule has 1 aliphatic rings. The molecule has 0 bridgehead atoms. The highest BCUT2D eigenvalue weighted by molar-refractivity contribution is 5.37. The first-order valence-electron chi connectivity index (χ1n) is 7.23. The third-order valence-corrected chi connectivity index (χ3v) is 3.95. The summed E-state index contributed by atoms with van der Waals surface area (Å²) >= 11 is 0. The van der Waals surface area contributed by atoms with Crippen molar-refractivity contribution in [3.63, 3.8) is 0 Å². The first-order chi connectivity index (χ1) is 9.10. The summed E-state index contributed by atoms with van der Waals surface area (Å²) in [5, 5.41) is 3.52. The molecule has 2 heterocycles. The Morgan fingerprint density at radius 1 is 1.42 bits per heavy atom. The predicted octanol–water partition coefficient (Wildman–Crippen LogP) is 1.72. The minimum atomic E-state index is 0.578. The number of aromatic nitrogens is 1. The molecule has 2 unspecified atom stereocenters. The van der Waals surface area contributed by atoms with Crippen LogP contribution >= 0.6 is 0 Å². The van der Waals surface area contributed by atoms with Gasteiger partial charge in [0.25, 0.3) is 0 Å². The molecule has 0 aromatic carbocycles. The van der Waals surface area contributed by atoms with Crippen molar-refractivity contribution in [3.8, 4) is 0 Å². The lowest BCUT2D eigenvalue weighted by Crippen LogP contribution is -2.53. The summed E-state index contributed by atoms with van der Waals surface area (Å²) in [6, 6.07) is 5.49. The van der Waals surface area contributed by atoms with Gasteiger partial charge in [0.15, 0.2) is 0 Å². The van der Waals surface area contributed by atoms with Gasteiger partial charge in [-0.1, -0.05) is 6.07 Å². The number of rotatable bonds is 4. The Labute approximate surface area is 116 Å². The van der Waals surface area contributed by atoms with Crippen LogP contribution in [0.25, 0.3) is 0 Å². The van der Waals surface area contributed by atoms with Gasteiger partial charge in [-0.05, 0) is 32.4 Å². The normalized spacial score (nSPS) is 24.4. The average molecular weight is 262 g/mol. The number of anilines is 1. The molecule has 1 N–H and O–H groups in total. The molecule has 0 amide bonds. The fraction of sp³-hybridized carbons (Fsp3) is 0.667. The van der Waals surface area contributed by atoms with Crippen LogP contribution in [0.5, 0.6) is 0 Å². The van der Waals surface area contributed by atoms with Crippen LogP contribution in [0.1, 0.15) is 26.3 Å². The number of pyridine rings is 1. The monoisotopic (exact) mass is 262 g/mol. The highest BCUT2D eigenvalue weighted by Crippen LogP contribution is 2.14. The molecule has 2 atom stereocenters. The van der Waals surface area contributed by atoms with Crippen LogP contribution in [-0.4, -0.2) is 48.6 Å². The van der Waals surface area contributed by atoms with E-state index >= 15 is 0 Å². The number of nitrogens with zero attached hydrogens (tertiary/aromatic N) is 3. The zero-order valence-corrected chi connectivity index (χ0v) is 12.6. The van der Waals surface area contributed by atoms with Crippen LogP contribution in [0.15, 0.2) is 18.3 Å². The summed E-state index contributed by atoms with van der Waals surface area (Å²) in [5.41, 5.74) is 1.30. The Hall–Kier alpha value is -1.13. The van der Waals surface area contributed by atoms with Crippen LogP contribution in [0.4, 0.5) is 5.82 Å². The third kappa shape index (κ3) is 3.67. The topological polar surface area (TPSA) is 31.4 Å². The predicted molar refractivity (Wildman–Crippen MR) is 80.5 cm³/mol.